The number of hydrogen-bond donors (Lipinski definition) is 4. The van der Waals surface area contributed by atoms with E-state index in [1.807, 2.05) is 6.07 Å². The van der Waals surface area contributed by atoms with E-state index in [4.69, 9.17) is 0 Å². The van der Waals surface area contributed by atoms with Crippen LogP contribution >= 0.6 is 0 Å². The molecule has 7 nitrogen and oxygen atoms in total. The number of H-pyrrole nitrogens is 1. The van der Waals surface area contributed by atoms with Crippen molar-refractivity contribution < 1.29 is 9.59 Å². The second-order valence-electron chi connectivity index (χ2n) is 6.28. The van der Waals surface area contributed by atoms with Crippen LogP contribution in [0, 0.1) is 5.92 Å². The molecule has 1 atom stereocenters. The summed E-state index contributed by atoms with van der Waals surface area (Å²) < 4.78 is 0. The number of carbonyl (C=O) groups excluding carboxylic acids is 2. The van der Waals surface area contributed by atoms with Crippen LogP contribution in [0.4, 0.5) is 0 Å². The van der Waals surface area contributed by atoms with Crippen LogP contribution in [-0.2, 0) is 4.79 Å². The normalized spacial score (nSPS) is 17.2. The van der Waals surface area contributed by atoms with Gasteiger partial charge in [0.15, 0.2) is 0 Å². The molecule has 1 saturated heterocycles. The van der Waals surface area contributed by atoms with Crippen molar-refractivity contribution in [2.45, 2.75) is 12.8 Å². The molecule has 2 heterocycles. The van der Waals surface area contributed by atoms with Gasteiger partial charge >= 0.3 is 0 Å². The fourth-order valence-electron chi connectivity index (χ4n) is 3.01. The molecule has 3 rings (SSSR count). The summed E-state index contributed by atoms with van der Waals surface area (Å²) in [5.74, 6) is -0.380. The highest BCUT2D eigenvalue weighted by atomic mass is 16.2. The summed E-state index contributed by atoms with van der Waals surface area (Å²) in [6.45, 7) is 2.38. The maximum Gasteiger partial charge on any atom is 0.257 e. The Morgan fingerprint density at radius 2 is 2.04 bits per heavy atom. The Hall–Kier alpha value is -2.67. The number of hydrogen-bond acceptors (Lipinski definition) is 4. The number of pyridine rings is 1. The van der Waals surface area contributed by atoms with E-state index in [-0.39, 0.29) is 23.4 Å². The first-order valence-corrected chi connectivity index (χ1v) is 8.51. The van der Waals surface area contributed by atoms with Crippen LogP contribution in [0.15, 0.2) is 35.3 Å². The third-order valence-electron chi connectivity index (χ3n) is 4.43. The molecule has 2 amide bonds. The largest absolute Gasteiger partial charge is 0.360 e. The molecule has 1 aromatic heterocycles. The SMILES string of the molecule is O=C(CNC(=O)c1c[nH]c2ccccc2c1=O)NCC1CCCNC1. The Morgan fingerprint density at radius 3 is 2.84 bits per heavy atom. The minimum atomic E-state index is -0.554. The lowest BCUT2D eigenvalue weighted by molar-refractivity contribution is -0.120. The standard InChI is InChI=1S/C18H22N4O3/c23-16(21-9-12-4-3-7-19-8-12)11-22-18(25)14-10-20-15-6-2-1-5-13(15)17(14)24/h1-2,5-6,10,12,19H,3-4,7-9,11H2,(H,20,24)(H,21,23)(H,22,25). The van der Waals surface area contributed by atoms with E-state index in [1.165, 1.54) is 6.20 Å². The molecule has 0 spiro atoms. The minimum absolute atomic E-state index is 0.00276. The lowest BCUT2D eigenvalue weighted by Gasteiger charge is -2.22. The summed E-state index contributed by atoms with van der Waals surface area (Å²) >= 11 is 0. The van der Waals surface area contributed by atoms with Gasteiger partial charge in [-0.3, -0.25) is 14.4 Å². The highest BCUT2D eigenvalue weighted by Gasteiger charge is 2.16. The lowest BCUT2D eigenvalue weighted by Crippen LogP contribution is -2.42. The molecule has 0 aliphatic carbocycles. The molecular formula is C18H22N4O3. The highest BCUT2D eigenvalue weighted by molar-refractivity contribution is 5.98. The molecule has 2 aromatic rings. The number of benzene rings is 1. The Labute approximate surface area is 145 Å². The van der Waals surface area contributed by atoms with Gasteiger partial charge in [0, 0.05) is 23.6 Å². The molecule has 1 aromatic carbocycles. The molecule has 25 heavy (non-hydrogen) atoms. The highest BCUT2D eigenvalue weighted by Crippen LogP contribution is 2.08. The van der Waals surface area contributed by atoms with E-state index in [1.54, 1.807) is 18.2 Å². The van der Waals surface area contributed by atoms with Crippen LogP contribution in [-0.4, -0.2) is 43.0 Å². The van der Waals surface area contributed by atoms with E-state index < -0.39 is 5.91 Å². The molecule has 1 aliphatic rings. The molecule has 0 radical (unpaired) electrons. The van der Waals surface area contributed by atoms with Crippen molar-refractivity contribution in [2.24, 2.45) is 5.92 Å². The molecule has 132 valence electrons. The number of rotatable bonds is 5. The number of fused-ring (bicyclic) bond motifs is 1. The first-order chi connectivity index (χ1) is 12.1. The summed E-state index contributed by atoms with van der Waals surface area (Å²) in [5.41, 5.74) is 0.325. The molecule has 1 unspecified atom stereocenters. The number of carbonyl (C=O) groups is 2. The number of amides is 2. The molecule has 1 fully saturated rings. The summed E-state index contributed by atoms with van der Waals surface area (Å²) in [7, 11) is 0. The number of aromatic nitrogens is 1. The Morgan fingerprint density at radius 1 is 1.20 bits per heavy atom. The third-order valence-corrected chi connectivity index (χ3v) is 4.43. The fourth-order valence-corrected chi connectivity index (χ4v) is 3.01. The first-order valence-electron chi connectivity index (χ1n) is 8.51. The lowest BCUT2D eigenvalue weighted by atomic mass is 10.00. The molecule has 1 aliphatic heterocycles. The Balaban J connectivity index is 1.54. The van der Waals surface area contributed by atoms with Gasteiger partial charge in [0.1, 0.15) is 5.56 Å². The van der Waals surface area contributed by atoms with E-state index in [2.05, 4.69) is 20.9 Å². The number of piperidine rings is 1. The minimum Gasteiger partial charge on any atom is -0.360 e. The number of para-hydroxylation sites is 1. The monoisotopic (exact) mass is 342 g/mol. The molecule has 0 bridgehead atoms. The van der Waals surface area contributed by atoms with E-state index in [9.17, 15) is 14.4 Å². The van der Waals surface area contributed by atoms with E-state index in [0.717, 1.165) is 25.9 Å². The van der Waals surface area contributed by atoms with Crippen LogP contribution in [0.1, 0.15) is 23.2 Å². The average molecular weight is 342 g/mol. The topological polar surface area (TPSA) is 103 Å². The predicted octanol–water partition coefficient (Wildman–Crippen LogP) is 0.374. The summed E-state index contributed by atoms with van der Waals surface area (Å²) in [4.78, 5) is 39.4. The third kappa shape index (κ3) is 4.24. The van der Waals surface area contributed by atoms with Crippen LogP contribution in [0.2, 0.25) is 0 Å². The summed E-state index contributed by atoms with van der Waals surface area (Å²) in [6, 6.07) is 6.98. The van der Waals surface area contributed by atoms with Crippen molar-refractivity contribution in [1.82, 2.24) is 20.9 Å². The smallest absolute Gasteiger partial charge is 0.257 e. The van der Waals surface area contributed by atoms with Gasteiger partial charge < -0.3 is 20.9 Å². The second-order valence-corrected chi connectivity index (χ2v) is 6.28. The van der Waals surface area contributed by atoms with Crippen LogP contribution in [0.5, 0.6) is 0 Å². The maximum absolute atomic E-state index is 12.4. The van der Waals surface area contributed by atoms with Crippen molar-refractivity contribution in [3.05, 3.63) is 46.2 Å². The summed E-state index contributed by atoms with van der Waals surface area (Å²) in [6.07, 6.45) is 3.58. The number of nitrogens with one attached hydrogen (secondary N) is 4. The zero-order valence-electron chi connectivity index (χ0n) is 13.9. The molecule has 7 heteroatoms. The fraction of sp³-hybridized carbons (Fsp3) is 0.389. The van der Waals surface area contributed by atoms with Crippen LogP contribution < -0.4 is 21.4 Å². The molecule has 0 saturated carbocycles. The Bertz CT molecular complexity index is 824. The number of aromatic amines is 1. The van der Waals surface area contributed by atoms with Crippen molar-refractivity contribution in [1.29, 1.82) is 0 Å². The first kappa shape index (κ1) is 17.2. The Kier molecular flexibility index (Phi) is 5.45. The predicted molar refractivity (Wildman–Crippen MR) is 95.5 cm³/mol. The summed E-state index contributed by atoms with van der Waals surface area (Å²) in [5, 5.41) is 9.07. The van der Waals surface area contributed by atoms with Gasteiger partial charge in [0.25, 0.3) is 5.91 Å². The quantitative estimate of drug-likeness (QED) is 0.630. The van der Waals surface area contributed by atoms with Crippen LogP contribution in [0.3, 0.4) is 0 Å². The average Bonchev–Trinajstić information content (AvgIpc) is 2.66. The van der Waals surface area contributed by atoms with Gasteiger partial charge in [0.2, 0.25) is 11.3 Å². The van der Waals surface area contributed by atoms with E-state index in [0.29, 0.717) is 23.4 Å². The zero-order chi connectivity index (χ0) is 17.6. The maximum atomic E-state index is 12.4. The van der Waals surface area contributed by atoms with Gasteiger partial charge in [-0.15, -0.1) is 0 Å². The molecular weight excluding hydrogens is 320 g/mol. The van der Waals surface area contributed by atoms with Crippen molar-refractivity contribution in [2.75, 3.05) is 26.2 Å². The van der Waals surface area contributed by atoms with E-state index >= 15 is 0 Å². The molecule has 4 N–H and O–H groups in total. The second kappa shape index (κ2) is 7.94. The van der Waals surface area contributed by atoms with Gasteiger partial charge in [-0.05, 0) is 44.0 Å². The van der Waals surface area contributed by atoms with Gasteiger partial charge in [0.05, 0.1) is 6.54 Å². The van der Waals surface area contributed by atoms with Crippen molar-refractivity contribution >= 4 is 22.7 Å². The van der Waals surface area contributed by atoms with Gasteiger partial charge in [-0.1, -0.05) is 12.1 Å². The van der Waals surface area contributed by atoms with Gasteiger partial charge in [-0.25, -0.2) is 0 Å². The zero-order valence-corrected chi connectivity index (χ0v) is 13.9. The van der Waals surface area contributed by atoms with Crippen molar-refractivity contribution in [3.63, 3.8) is 0 Å². The van der Waals surface area contributed by atoms with Crippen molar-refractivity contribution in [3.8, 4) is 0 Å². The van der Waals surface area contributed by atoms with Crippen LogP contribution in [0.25, 0.3) is 10.9 Å². The van der Waals surface area contributed by atoms with Gasteiger partial charge in [-0.2, -0.15) is 0 Å².